The van der Waals surface area contributed by atoms with E-state index in [2.05, 4.69) is 15.6 Å². The van der Waals surface area contributed by atoms with Crippen molar-refractivity contribution in [2.45, 2.75) is 25.7 Å². The van der Waals surface area contributed by atoms with Gasteiger partial charge in [-0.25, -0.2) is 4.68 Å². The summed E-state index contributed by atoms with van der Waals surface area (Å²) in [6, 6.07) is 16.6. The lowest BCUT2D eigenvalue weighted by Gasteiger charge is -2.08. The smallest absolute Gasteiger partial charge is 0.278 e. The first-order chi connectivity index (χ1) is 12.6. The molecule has 1 aliphatic rings. The van der Waals surface area contributed by atoms with E-state index in [4.69, 9.17) is 0 Å². The van der Waals surface area contributed by atoms with Crippen LogP contribution in [0.5, 0.6) is 0 Å². The van der Waals surface area contributed by atoms with Gasteiger partial charge in [-0.15, -0.1) is 5.10 Å². The SMILES string of the molecule is CC(=O)c1cccc(NC(=O)c2nnn(-c3ccccc3)c2C2CC2)c1. The molecule has 1 aliphatic carbocycles. The zero-order valence-electron chi connectivity index (χ0n) is 14.3. The first-order valence-electron chi connectivity index (χ1n) is 8.57. The average Bonchev–Trinajstić information content (AvgIpc) is 3.40. The first-order valence-corrected chi connectivity index (χ1v) is 8.57. The molecule has 0 saturated heterocycles. The van der Waals surface area contributed by atoms with Gasteiger partial charge in [0.25, 0.3) is 5.91 Å². The van der Waals surface area contributed by atoms with Crippen molar-refractivity contribution in [3.63, 3.8) is 0 Å². The number of nitrogens with one attached hydrogen (secondary N) is 1. The highest BCUT2D eigenvalue weighted by atomic mass is 16.2. The molecule has 1 heterocycles. The lowest BCUT2D eigenvalue weighted by atomic mass is 10.1. The van der Waals surface area contributed by atoms with Gasteiger partial charge in [0.2, 0.25) is 0 Å². The maximum atomic E-state index is 12.8. The summed E-state index contributed by atoms with van der Waals surface area (Å²) in [7, 11) is 0. The Morgan fingerprint density at radius 2 is 1.85 bits per heavy atom. The Balaban J connectivity index is 1.66. The Labute approximate surface area is 150 Å². The van der Waals surface area contributed by atoms with E-state index >= 15 is 0 Å². The van der Waals surface area contributed by atoms with Gasteiger partial charge in [-0.2, -0.15) is 0 Å². The molecule has 26 heavy (non-hydrogen) atoms. The Morgan fingerprint density at radius 1 is 1.08 bits per heavy atom. The molecule has 6 heteroatoms. The summed E-state index contributed by atoms with van der Waals surface area (Å²) in [5.74, 6) is -0.0564. The van der Waals surface area contributed by atoms with E-state index in [9.17, 15) is 9.59 Å². The van der Waals surface area contributed by atoms with Gasteiger partial charge in [-0.1, -0.05) is 35.5 Å². The van der Waals surface area contributed by atoms with Crippen LogP contribution in [-0.4, -0.2) is 26.7 Å². The maximum absolute atomic E-state index is 12.8. The van der Waals surface area contributed by atoms with E-state index in [0.717, 1.165) is 24.2 Å². The van der Waals surface area contributed by atoms with Gasteiger partial charge in [-0.3, -0.25) is 9.59 Å². The van der Waals surface area contributed by atoms with E-state index in [1.807, 2.05) is 30.3 Å². The van der Waals surface area contributed by atoms with Crippen molar-refractivity contribution in [3.8, 4) is 5.69 Å². The highest BCUT2D eigenvalue weighted by Gasteiger charge is 2.34. The van der Waals surface area contributed by atoms with Crippen molar-refractivity contribution >= 4 is 17.4 Å². The van der Waals surface area contributed by atoms with Crippen LogP contribution in [0.4, 0.5) is 5.69 Å². The molecule has 1 aromatic heterocycles. The molecule has 1 amide bonds. The Bertz CT molecular complexity index is 974. The number of anilines is 1. The zero-order valence-corrected chi connectivity index (χ0v) is 14.3. The molecular formula is C20H18N4O2. The number of carbonyl (C=O) groups is 2. The van der Waals surface area contributed by atoms with Crippen LogP contribution in [0.3, 0.4) is 0 Å². The molecule has 0 radical (unpaired) electrons. The molecule has 0 bridgehead atoms. The fraction of sp³-hybridized carbons (Fsp3) is 0.200. The quantitative estimate of drug-likeness (QED) is 0.716. The fourth-order valence-electron chi connectivity index (χ4n) is 2.94. The number of benzene rings is 2. The highest BCUT2D eigenvalue weighted by Crippen LogP contribution is 2.42. The largest absolute Gasteiger partial charge is 0.321 e. The monoisotopic (exact) mass is 346 g/mol. The molecule has 6 nitrogen and oxygen atoms in total. The minimum Gasteiger partial charge on any atom is -0.321 e. The highest BCUT2D eigenvalue weighted by molar-refractivity contribution is 6.04. The van der Waals surface area contributed by atoms with Crippen molar-refractivity contribution in [3.05, 3.63) is 71.5 Å². The Morgan fingerprint density at radius 3 is 2.54 bits per heavy atom. The van der Waals surface area contributed by atoms with Crippen molar-refractivity contribution in [1.82, 2.24) is 15.0 Å². The minimum atomic E-state index is -0.310. The minimum absolute atomic E-state index is 0.0465. The molecule has 4 rings (SSSR count). The maximum Gasteiger partial charge on any atom is 0.278 e. The van der Waals surface area contributed by atoms with Crippen molar-refractivity contribution in [2.24, 2.45) is 0 Å². The number of amides is 1. The van der Waals surface area contributed by atoms with E-state index < -0.39 is 0 Å². The second kappa shape index (κ2) is 6.55. The molecule has 1 fully saturated rings. The van der Waals surface area contributed by atoms with Crippen LogP contribution in [0.1, 0.15) is 52.2 Å². The number of rotatable bonds is 5. The van der Waals surface area contributed by atoms with E-state index in [0.29, 0.717) is 22.9 Å². The predicted octanol–water partition coefficient (Wildman–Crippen LogP) is 3.60. The second-order valence-electron chi connectivity index (χ2n) is 6.44. The molecule has 0 spiro atoms. The average molecular weight is 346 g/mol. The van der Waals surface area contributed by atoms with E-state index in [1.54, 1.807) is 28.9 Å². The van der Waals surface area contributed by atoms with Crippen LogP contribution in [0.15, 0.2) is 54.6 Å². The van der Waals surface area contributed by atoms with Crippen LogP contribution in [-0.2, 0) is 0 Å². The van der Waals surface area contributed by atoms with Gasteiger partial charge in [0, 0.05) is 17.2 Å². The van der Waals surface area contributed by atoms with Crippen molar-refractivity contribution < 1.29 is 9.59 Å². The molecule has 130 valence electrons. The molecule has 0 unspecified atom stereocenters. The number of Topliss-reactive ketones (excluding diaryl/α,β-unsaturated/α-hetero) is 1. The van der Waals surface area contributed by atoms with Crippen LogP contribution in [0.25, 0.3) is 5.69 Å². The number of aromatic nitrogens is 3. The third-order valence-electron chi connectivity index (χ3n) is 4.41. The summed E-state index contributed by atoms with van der Waals surface area (Å²) >= 11 is 0. The first kappa shape index (κ1) is 16.2. The normalized spacial score (nSPS) is 13.4. The van der Waals surface area contributed by atoms with E-state index in [1.165, 1.54) is 6.92 Å². The Kier molecular flexibility index (Phi) is 4.08. The molecule has 0 atom stereocenters. The summed E-state index contributed by atoms with van der Waals surface area (Å²) in [6.07, 6.45) is 2.06. The van der Waals surface area contributed by atoms with Crippen LogP contribution in [0, 0.1) is 0 Å². The Hall–Kier alpha value is -3.28. The predicted molar refractivity (Wildman–Crippen MR) is 97.7 cm³/mol. The number of hydrogen-bond acceptors (Lipinski definition) is 4. The van der Waals surface area contributed by atoms with Gasteiger partial charge in [-0.05, 0) is 44.0 Å². The summed E-state index contributed by atoms with van der Waals surface area (Å²) in [5.41, 5.74) is 3.19. The van der Waals surface area contributed by atoms with Crippen molar-refractivity contribution in [2.75, 3.05) is 5.32 Å². The van der Waals surface area contributed by atoms with Crippen molar-refractivity contribution in [1.29, 1.82) is 0 Å². The van der Waals surface area contributed by atoms with Crippen LogP contribution >= 0.6 is 0 Å². The summed E-state index contributed by atoms with van der Waals surface area (Å²) in [5, 5.41) is 11.2. The molecule has 2 aromatic carbocycles. The van der Waals surface area contributed by atoms with E-state index in [-0.39, 0.29) is 11.7 Å². The third kappa shape index (κ3) is 3.13. The third-order valence-corrected chi connectivity index (χ3v) is 4.41. The van der Waals surface area contributed by atoms with Gasteiger partial charge >= 0.3 is 0 Å². The lowest BCUT2D eigenvalue weighted by molar-refractivity contribution is 0.100. The van der Waals surface area contributed by atoms with Gasteiger partial charge in [0.05, 0.1) is 11.4 Å². The molecule has 3 aromatic rings. The molecule has 0 aliphatic heterocycles. The van der Waals surface area contributed by atoms with Gasteiger partial charge in [0.15, 0.2) is 11.5 Å². The number of hydrogen-bond donors (Lipinski definition) is 1. The molecule has 1 N–H and O–H groups in total. The van der Waals surface area contributed by atoms with Gasteiger partial charge < -0.3 is 5.32 Å². The zero-order chi connectivity index (χ0) is 18.1. The number of para-hydroxylation sites is 1. The van der Waals surface area contributed by atoms with Crippen LogP contribution < -0.4 is 5.32 Å². The second-order valence-corrected chi connectivity index (χ2v) is 6.44. The van der Waals surface area contributed by atoms with Crippen LogP contribution in [0.2, 0.25) is 0 Å². The topological polar surface area (TPSA) is 76.9 Å². The summed E-state index contributed by atoms with van der Waals surface area (Å²) in [4.78, 5) is 24.3. The molecular weight excluding hydrogens is 328 g/mol. The molecule has 1 saturated carbocycles. The summed E-state index contributed by atoms with van der Waals surface area (Å²) in [6.45, 7) is 1.50. The lowest BCUT2D eigenvalue weighted by Crippen LogP contribution is -2.15. The number of carbonyl (C=O) groups excluding carboxylic acids is 2. The van der Waals surface area contributed by atoms with Gasteiger partial charge in [0.1, 0.15) is 0 Å². The standard InChI is InChI=1S/C20H18N4O2/c1-13(25)15-6-5-7-16(12-15)21-20(26)18-19(14-10-11-14)24(23-22-18)17-8-3-2-4-9-17/h2-9,12,14H,10-11H2,1H3,(H,21,26). The fourth-order valence-corrected chi connectivity index (χ4v) is 2.94. The number of nitrogens with zero attached hydrogens (tertiary/aromatic N) is 3. The summed E-state index contributed by atoms with van der Waals surface area (Å²) < 4.78 is 1.75. The number of ketones is 1.